The molecule has 0 aliphatic carbocycles. The first-order chi connectivity index (χ1) is 16.9. The number of esters is 1. The van der Waals surface area contributed by atoms with Crippen LogP contribution in [-0.2, 0) is 11.2 Å². The van der Waals surface area contributed by atoms with Crippen molar-refractivity contribution < 1.29 is 24.2 Å². The lowest BCUT2D eigenvalue weighted by molar-refractivity contribution is 0.0483. The third-order valence-electron chi connectivity index (χ3n) is 6.58. The third kappa shape index (κ3) is 5.67. The summed E-state index contributed by atoms with van der Waals surface area (Å²) in [6, 6.07) is 4.29. The van der Waals surface area contributed by atoms with E-state index in [9.17, 15) is 14.7 Å². The van der Waals surface area contributed by atoms with Gasteiger partial charge in [-0.25, -0.2) is 9.79 Å². The average Bonchev–Trinajstić information content (AvgIpc) is 2.83. The second-order valence-corrected chi connectivity index (χ2v) is 9.66. The van der Waals surface area contributed by atoms with Crippen LogP contribution in [0.2, 0.25) is 0 Å². The number of carbonyl (C=O) groups is 2. The van der Waals surface area contributed by atoms with Crippen LogP contribution in [0.1, 0.15) is 69.7 Å². The molecule has 2 aromatic carbocycles. The summed E-state index contributed by atoms with van der Waals surface area (Å²) in [6.45, 7) is 9.74. The van der Waals surface area contributed by atoms with E-state index in [1.807, 2.05) is 27.7 Å². The van der Waals surface area contributed by atoms with Gasteiger partial charge in [0.2, 0.25) is 0 Å². The molecule has 3 rings (SSSR count). The maximum absolute atomic E-state index is 13.1. The number of phenols is 1. The van der Waals surface area contributed by atoms with Crippen LogP contribution in [0, 0.1) is 20.8 Å². The number of aromatic hydroxyl groups is 1. The highest BCUT2D eigenvalue weighted by Crippen LogP contribution is 2.44. The zero-order chi connectivity index (χ0) is 26.8. The molecule has 2 aromatic rings. The molecule has 1 aliphatic heterocycles. The van der Waals surface area contributed by atoms with Gasteiger partial charge in [0.1, 0.15) is 17.1 Å². The van der Waals surface area contributed by atoms with E-state index < -0.39 is 17.5 Å². The molecule has 1 amide bonds. The van der Waals surface area contributed by atoms with E-state index in [4.69, 9.17) is 32.7 Å². The maximum atomic E-state index is 13.1. The minimum Gasteiger partial charge on any atom is -0.507 e. The SMILES string of the molecule is CCOC(=O)c1cc(N=C(N)N)cc(C(=O)N(Cl)CCC2(C)CCc3c(C)c(O)c(C)c(C)c3O2)c1. The first kappa shape index (κ1) is 27.1. The summed E-state index contributed by atoms with van der Waals surface area (Å²) >= 11 is 6.39. The van der Waals surface area contributed by atoms with Crippen molar-refractivity contribution in [2.45, 2.75) is 59.5 Å². The minimum atomic E-state index is -0.603. The molecule has 10 heteroatoms. The van der Waals surface area contributed by atoms with E-state index in [1.165, 1.54) is 18.2 Å². The lowest BCUT2D eigenvalue weighted by atomic mass is 9.85. The predicted molar refractivity (Wildman–Crippen MR) is 139 cm³/mol. The van der Waals surface area contributed by atoms with Crippen molar-refractivity contribution in [2.24, 2.45) is 16.5 Å². The van der Waals surface area contributed by atoms with Crippen molar-refractivity contribution >= 4 is 35.3 Å². The van der Waals surface area contributed by atoms with Crippen LogP contribution in [0.25, 0.3) is 0 Å². The number of hydrogen-bond acceptors (Lipinski definition) is 6. The first-order valence-corrected chi connectivity index (χ1v) is 12.1. The van der Waals surface area contributed by atoms with Gasteiger partial charge in [-0.3, -0.25) is 9.21 Å². The molecule has 36 heavy (non-hydrogen) atoms. The van der Waals surface area contributed by atoms with Gasteiger partial charge in [-0.05, 0) is 82.3 Å². The number of carbonyl (C=O) groups excluding carboxylic acids is 2. The molecule has 9 nitrogen and oxygen atoms in total. The fourth-order valence-corrected chi connectivity index (χ4v) is 4.51. The van der Waals surface area contributed by atoms with Gasteiger partial charge in [0.05, 0.1) is 17.9 Å². The average molecular weight is 517 g/mol. The molecule has 0 fully saturated rings. The van der Waals surface area contributed by atoms with Crippen LogP contribution < -0.4 is 16.2 Å². The van der Waals surface area contributed by atoms with Gasteiger partial charge < -0.3 is 26.0 Å². The summed E-state index contributed by atoms with van der Waals surface area (Å²) in [5.74, 6) is -0.237. The smallest absolute Gasteiger partial charge is 0.338 e. The summed E-state index contributed by atoms with van der Waals surface area (Å²) in [7, 11) is 0. The minimum absolute atomic E-state index is 0.136. The van der Waals surface area contributed by atoms with Crippen molar-refractivity contribution in [2.75, 3.05) is 13.2 Å². The van der Waals surface area contributed by atoms with Gasteiger partial charge in [0, 0.05) is 35.9 Å². The largest absolute Gasteiger partial charge is 0.507 e. The van der Waals surface area contributed by atoms with Gasteiger partial charge in [-0.15, -0.1) is 0 Å². The lowest BCUT2D eigenvalue weighted by Gasteiger charge is -2.38. The number of halogens is 1. The van der Waals surface area contributed by atoms with Gasteiger partial charge in [-0.1, -0.05) is 0 Å². The molecule has 5 N–H and O–H groups in total. The highest BCUT2D eigenvalue weighted by atomic mass is 35.5. The maximum Gasteiger partial charge on any atom is 0.338 e. The van der Waals surface area contributed by atoms with Crippen LogP contribution in [0.4, 0.5) is 5.69 Å². The number of benzene rings is 2. The number of ether oxygens (including phenoxy) is 2. The number of nitrogens with two attached hydrogens (primary N) is 2. The fourth-order valence-electron chi connectivity index (χ4n) is 4.33. The van der Waals surface area contributed by atoms with Crippen LogP contribution in [0.5, 0.6) is 11.5 Å². The Labute approximate surface area is 216 Å². The fraction of sp³-hybridized carbons (Fsp3) is 0.423. The zero-order valence-electron chi connectivity index (χ0n) is 21.3. The Morgan fingerprint density at radius 1 is 1.17 bits per heavy atom. The zero-order valence-corrected chi connectivity index (χ0v) is 22.0. The number of phenolic OH excluding ortho intramolecular Hbond substituents is 1. The van der Waals surface area contributed by atoms with Crippen LogP contribution in [-0.4, -0.2) is 46.1 Å². The van der Waals surface area contributed by atoms with Gasteiger partial charge >= 0.3 is 5.97 Å². The van der Waals surface area contributed by atoms with Crippen LogP contribution >= 0.6 is 11.8 Å². The summed E-state index contributed by atoms with van der Waals surface area (Å²) in [5.41, 5.74) is 14.4. The second-order valence-electron chi connectivity index (χ2n) is 9.25. The van der Waals surface area contributed by atoms with E-state index in [1.54, 1.807) is 6.92 Å². The Balaban J connectivity index is 1.79. The number of fused-ring (bicyclic) bond motifs is 1. The number of hydrogen-bond donors (Lipinski definition) is 3. The first-order valence-electron chi connectivity index (χ1n) is 11.8. The van der Waals surface area contributed by atoms with Crippen molar-refractivity contribution in [3.05, 3.63) is 51.6 Å². The highest BCUT2D eigenvalue weighted by molar-refractivity contribution is 6.24. The lowest BCUT2D eigenvalue weighted by Crippen LogP contribution is -2.40. The predicted octanol–water partition coefficient (Wildman–Crippen LogP) is 4.17. The molecule has 0 bridgehead atoms. The summed E-state index contributed by atoms with van der Waals surface area (Å²) in [5, 5.41) is 10.4. The number of nitrogens with zero attached hydrogens (tertiary/aromatic N) is 2. The number of amides is 1. The van der Waals surface area contributed by atoms with Crippen LogP contribution in [0.3, 0.4) is 0 Å². The van der Waals surface area contributed by atoms with Crippen molar-refractivity contribution in [1.29, 1.82) is 0 Å². The Morgan fingerprint density at radius 2 is 1.83 bits per heavy atom. The Morgan fingerprint density at radius 3 is 2.47 bits per heavy atom. The molecular weight excluding hydrogens is 484 g/mol. The number of aliphatic imine (C=N–C) groups is 1. The molecule has 1 aliphatic rings. The van der Waals surface area contributed by atoms with Crippen molar-refractivity contribution in [3.8, 4) is 11.5 Å². The molecular formula is C26H33ClN4O5. The van der Waals surface area contributed by atoms with Gasteiger partial charge in [0.25, 0.3) is 5.91 Å². The van der Waals surface area contributed by atoms with Crippen LogP contribution in [0.15, 0.2) is 23.2 Å². The van der Waals surface area contributed by atoms with E-state index >= 15 is 0 Å². The normalized spacial score (nSPS) is 16.5. The summed E-state index contributed by atoms with van der Waals surface area (Å²) < 4.78 is 12.5. The monoisotopic (exact) mass is 516 g/mol. The Hall–Kier alpha value is -3.46. The molecule has 0 aromatic heterocycles. The van der Waals surface area contributed by atoms with E-state index in [2.05, 4.69) is 4.99 Å². The highest BCUT2D eigenvalue weighted by Gasteiger charge is 2.35. The van der Waals surface area contributed by atoms with E-state index in [-0.39, 0.29) is 35.9 Å². The number of guanidine groups is 1. The second kappa shape index (κ2) is 10.7. The molecule has 1 heterocycles. The van der Waals surface area contributed by atoms with Gasteiger partial charge in [-0.2, -0.15) is 0 Å². The van der Waals surface area contributed by atoms with E-state index in [0.717, 1.165) is 38.8 Å². The molecule has 194 valence electrons. The van der Waals surface area contributed by atoms with Gasteiger partial charge in [0.15, 0.2) is 5.96 Å². The van der Waals surface area contributed by atoms with Crippen molar-refractivity contribution in [1.82, 2.24) is 4.42 Å². The summed E-state index contributed by atoms with van der Waals surface area (Å²) in [6.07, 6.45) is 1.92. The third-order valence-corrected chi connectivity index (χ3v) is 6.91. The molecule has 0 radical (unpaired) electrons. The topological polar surface area (TPSA) is 140 Å². The van der Waals surface area contributed by atoms with E-state index in [0.29, 0.717) is 18.6 Å². The Kier molecular flexibility index (Phi) is 8.03. The molecule has 1 atom stereocenters. The molecule has 0 saturated heterocycles. The van der Waals surface area contributed by atoms with Crippen molar-refractivity contribution in [3.63, 3.8) is 0 Å². The standard InChI is InChI=1S/C26H33ClN4O5/c1-6-35-24(34)18-11-17(12-19(13-18)30-25(28)29)23(33)31(27)10-9-26(5)8-7-20-16(4)21(32)14(2)15(3)22(20)36-26/h11-13,32H,6-10H2,1-5H3,(H4,28,29,30). The molecule has 0 saturated carbocycles. The summed E-state index contributed by atoms with van der Waals surface area (Å²) in [4.78, 5) is 29.4. The molecule has 1 unspecified atom stereocenters. The molecule has 0 spiro atoms. The number of rotatable bonds is 7. The quantitative estimate of drug-likeness (QED) is 0.217. The Bertz CT molecular complexity index is 1230.